The number of benzene rings is 2. The van der Waals surface area contributed by atoms with Gasteiger partial charge in [0, 0.05) is 12.5 Å². The third-order valence-electron chi connectivity index (χ3n) is 5.61. The van der Waals surface area contributed by atoms with Crippen LogP contribution in [0.1, 0.15) is 5.56 Å². The predicted molar refractivity (Wildman–Crippen MR) is 123 cm³/mol. The van der Waals surface area contributed by atoms with E-state index in [0.717, 1.165) is 46.7 Å². The summed E-state index contributed by atoms with van der Waals surface area (Å²) < 4.78 is 24.9. The lowest BCUT2D eigenvalue weighted by molar-refractivity contribution is -0.862. The zero-order chi connectivity index (χ0) is 23.8. The van der Waals surface area contributed by atoms with E-state index in [4.69, 9.17) is 24.1 Å². The molecule has 8 heteroatoms. The van der Waals surface area contributed by atoms with Crippen molar-refractivity contribution in [2.75, 3.05) is 48.7 Å². The Morgan fingerprint density at radius 2 is 1.82 bits per heavy atom. The molecule has 0 bridgehead atoms. The highest BCUT2D eigenvalue weighted by Gasteiger charge is 2.28. The molecule has 0 radical (unpaired) electrons. The van der Waals surface area contributed by atoms with E-state index >= 15 is 0 Å². The van der Waals surface area contributed by atoms with Crippen molar-refractivity contribution >= 4 is 16.7 Å². The van der Waals surface area contributed by atoms with Gasteiger partial charge in [0.2, 0.25) is 12.5 Å². The molecule has 0 atom stereocenters. The number of hydrogen-bond donors (Lipinski definition) is 1. The van der Waals surface area contributed by atoms with E-state index in [1.54, 1.807) is 14.2 Å². The van der Waals surface area contributed by atoms with Crippen LogP contribution in [-0.2, 0) is 17.8 Å². The minimum absolute atomic E-state index is 0.181. The molecule has 0 saturated carbocycles. The number of carboxylic acid groups (broad SMARTS) is 1. The lowest BCUT2D eigenvalue weighted by Gasteiger charge is -2.20. The minimum atomic E-state index is -0.752. The van der Waals surface area contributed by atoms with Crippen molar-refractivity contribution in [3.63, 3.8) is 0 Å². The van der Waals surface area contributed by atoms with E-state index < -0.39 is 5.97 Å². The van der Waals surface area contributed by atoms with E-state index in [1.165, 1.54) is 16.8 Å². The van der Waals surface area contributed by atoms with Gasteiger partial charge < -0.3 is 28.5 Å². The molecule has 5 rings (SSSR count). The van der Waals surface area contributed by atoms with Crippen molar-refractivity contribution in [3.05, 3.63) is 42.1 Å². The molecule has 0 aliphatic carbocycles. The van der Waals surface area contributed by atoms with Crippen molar-refractivity contribution in [2.45, 2.75) is 13.0 Å². The number of aliphatic carboxylic acids is 1. The molecule has 0 amide bonds. The Bertz CT molecular complexity index is 1220. The Hall–Kier alpha value is -3.52. The molecule has 0 spiro atoms. The van der Waals surface area contributed by atoms with Crippen LogP contribution in [-0.4, -0.2) is 64.3 Å². The molecule has 0 saturated heterocycles. The molecule has 3 aromatic rings. The van der Waals surface area contributed by atoms with E-state index in [0.29, 0.717) is 11.3 Å². The third-order valence-corrected chi connectivity index (χ3v) is 5.61. The second kappa shape index (κ2) is 8.78. The number of fused-ring (bicyclic) bond motifs is 5. The van der Waals surface area contributed by atoms with Crippen LogP contribution in [0, 0.1) is 0 Å². The van der Waals surface area contributed by atoms with Crippen molar-refractivity contribution in [1.29, 1.82) is 0 Å². The number of methoxy groups -OCH3 is 2. The second-order valence-electron chi connectivity index (χ2n) is 9.11. The lowest BCUT2D eigenvalue weighted by atomic mass is 9.95. The quantitative estimate of drug-likeness (QED) is 0.483. The Balaban J connectivity index is 0.000000281. The molecular formula is C25H30N2O6+2. The highest BCUT2D eigenvalue weighted by molar-refractivity contribution is 5.91. The zero-order valence-electron chi connectivity index (χ0n) is 19.7. The van der Waals surface area contributed by atoms with Gasteiger partial charge in [0.15, 0.2) is 42.3 Å². The van der Waals surface area contributed by atoms with E-state index in [-0.39, 0.29) is 6.54 Å². The molecule has 2 aliphatic rings. The van der Waals surface area contributed by atoms with Crippen LogP contribution < -0.4 is 23.5 Å². The van der Waals surface area contributed by atoms with Crippen LogP contribution in [0.4, 0.5) is 0 Å². The molecule has 3 heterocycles. The summed E-state index contributed by atoms with van der Waals surface area (Å²) in [5.74, 6) is 2.43. The first-order chi connectivity index (χ1) is 15.7. The monoisotopic (exact) mass is 454 g/mol. The molecule has 1 N–H and O–H groups in total. The first-order valence-corrected chi connectivity index (χ1v) is 10.7. The number of carboxylic acids is 1. The standard InChI is InChI=1S/C20H18NO4.C5H11NO2/c1-22-17-4-3-12-7-16-14-9-19-18(24-11-25-19)8-13(14)5-6-21(16)10-15(12)20(17)23-2;1-6(2,3)4-5(7)8/h3-4,7-10H,5-6,11H2,1-2H3;4H2,1-3H3/q+1;/p+1. The molecule has 33 heavy (non-hydrogen) atoms. The summed E-state index contributed by atoms with van der Waals surface area (Å²) in [7, 11) is 8.86. The topological polar surface area (TPSA) is 78.1 Å². The van der Waals surface area contributed by atoms with Gasteiger partial charge in [-0.05, 0) is 35.2 Å². The number of carbonyl (C=O) groups is 1. The number of nitrogens with zero attached hydrogens (tertiary/aromatic N) is 2. The average Bonchev–Trinajstić information content (AvgIpc) is 3.21. The van der Waals surface area contributed by atoms with E-state index in [1.807, 2.05) is 27.2 Å². The highest BCUT2D eigenvalue weighted by atomic mass is 16.7. The molecule has 8 nitrogen and oxygen atoms in total. The van der Waals surface area contributed by atoms with E-state index in [9.17, 15) is 4.79 Å². The van der Waals surface area contributed by atoms with Crippen molar-refractivity contribution in [3.8, 4) is 34.3 Å². The summed E-state index contributed by atoms with van der Waals surface area (Å²) >= 11 is 0. The molecular weight excluding hydrogens is 424 g/mol. The molecule has 174 valence electrons. The summed E-state index contributed by atoms with van der Waals surface area (Å²) in [6.07, 6.45) is 3.11. The van der Waals surface area contributed by atoms with Crippen LogP contribution in [0.3, 0.4) is 0 Å². The van der Waals surface area contributed by atoms with Crippen LogP contribution in [0.5, 0.6) is 23.0 Å². The Kier molecular flexibility index (Phi) is 6.03. The third kappa shape index (κ3) is 4.66. The van der Waals surface area contributed by atoms with Crippen LogP contribution >= 0.6 is 0 Å². The zero-order valence-corrected chi connectivity index (χ0v) is 19.7. The maximum Gasteiger partial charge on any atom is 0.359 e. The fourth-order valence-corrected chi connectivity index (χ4v) is 4.17. The number of aryl methyl sites for hydroxylation is 2. The van der Waals surface area contributed by atoms with Gasteiger partial charge in [-0.2, -0.15) is 4.57 Å². The van der Waals surface area contributed by atoms with Gasteiger partial charge in [-0.25, -0.2) is 4.79 Å². The van der Waals surface area contributed by atoms with Crippen LogP contribution in [0.25, 0.3) is 22.0 Å². The molecule has 2 aliphatic heterocycles. The number of ether oxygens (including phenoxy) is 4. The number of pyridine rings is 1. The van der Waals surface area contributed by atoms with Gasteiger partial charge in [0.1, 0.15) is 0 Å². The smallest absolute Gasteiger partial charge is 0.359 e. The van der Waals surface area contributed by atoms with Gasteiger partial charge in [-0.1, -0.05) is 0 Å². The van der Waals surface area contributed by atoms with Crippen LogP contribution in [0.2, 0.25) is 0 Å². The lowest BCUT2D eigenvalue weighted by Crippen LogP contribution is -2.40. The molecule has 0 fully saturated rings. The van der Waals surface area contributed by atoms with Gasteiger partial charge >= 0.3 is 5.97 Å². The first kappa shape index (κ1) is 22.7. The maximum atomic E-state index is 10.00. The second-order valence-corrected chi connectivity index (χ2v) is 9.11. The first-order valence-electron chi connectivity index (χ1n) is 10.7. The summed E-state index contributed by atoms with van der Waals surface area (Å²) in [6.45, 7) is 1.39. The molecule has 0 unspecified atom stereocenters. The summed E-state index contributed by atoms with van der Waals surface area (Å²) in [5.41, 5.74) is 3.68. The number of hydrogen-bond acceptors (Lipinski definition) is 5. The minimum Gasteiger partial charge on any atom is -0.493 e. The Morgan fingerprint density at radius 3 is 2.42 bits per heavy atom. The fraction of sp³-hybridized carbons (Fsp3) is 0.360. The molecule has 1 aromatic heterocycles. The normalized spacial score (nSPS) is 13.5. The fourth-order valence-electron chi connectivity index (χ4n) is 4.17. The average molecular weight is 455 g/mol. The SMILES string of the molecule is COc1ccc2cc3[n+](cc2c1OC)CCc1cc2c(cc1-3)OCO2.C[N+](C)(C)CC(=O)O. The van der Waals surface area contributed by atoms with Gasteiger partial charge in [-0.15, -0.1) is 0 Å². The number of aromatic nitrogens is 1. The van der Waals surface area contributed by atoms with Gasteiger partial charge in [-0.3, -0.25) is 0 Å². The van der Waals surface area contributed by atoms with E-state index in [2.05, 4.69) is 35.0 Å². The highest BCUT2D eigenvalue weighted by Crippen LogP contribution is 2.41. The Morgan fingerprint density at radius 1 is 1.09 bits per heavy atom. The summed E-state index contributed by atoms with van der Waals surface area (Å²) in [6, 6.07) is 10.4. The Labute approximate surface area is 193 Å². The van der Waals surface area contributed by atoms with Gasteiger partial charge in [0.25, 0.3) is 0 Å². The maximum absolute atomic E-state index is 10.00. The molecule has 2 aromatic carbocycles. The van der Waals surface area contributed by atoms with Crippen molar-refractivity contribution in [2.24, 2.45) is 0 Å². The summed E-state index contributed by atoms with van der Waals surface area (Å²) in [5, 5.41) is 10.4. The largest absolute Gasteiger partial charge is 0.493 e. The number of rotatable bonds is 4. The number of likely N-dealkylation sites (N-methyl/N-ethyl adjacent to an activating group) is 1. The summed E-state index contributed by atoms with van der Waals surface area (Å²) in [4.78, 5) is 10.00. The number of quaternary nitrogens is 1. The van der Waals surface area contributed by atoms with Gasteiger partial charge in [0.05, 0.1) is 46.3 Å². The van der Waals surface area contributed by atoms with Crippen molar-refractivity contribution < 1.29 is 37.9 Å². The van der Waals surface area contributed by atoms with Crippen LogP contribution in [0.15, 0.2) is 36.5 Å². The van der Waals surface area contributed by atoms with Crippen molar-refractivity contribution in [1.82, 2.24) is 0 Å². The predicted octanol–water partition coefficient (Wildman–Crippen LogP) is 2.87.